The van der Waals surface area contributed by atoms with Gasteiger partial charge in [0.1, 0.15) is 5.75 Å². The summed E-state index contributed by atoms with van der Waals surface area (Å²) >= 11 is 0. The van der Waals surface area contributed by atoms with E-state index in [1.54, 1.807) is 0 Å². The van der Waals surface area contributed by atoms with E-state index in [0.29, 0.717) is 11.7 Å². The van der Waals surface area contributed by atoms with Crippen LogP contribution in [0.15, 0.2) is 24.3 Å². The Bertz CT molecular complexity index is 516. The summed E-state index contributed by atoms with van der Waals surface area (Å²) in [6.45, 7) is -0.273. The quantitative estimate of drug-likeness (QED) is 0.889. The molecule has 0 saturated carbocycles. The zero-order valence-corrected chi connectivity index (χ0v) is 10.2. The fourth-order valence-corrected chi connectivity index (χ4v) is 3.01. The lowest BCUT2D eigenvalue weighted by Crippen LogP contribution is -2.09. The highest BCUT2D eigenvalue weighted by molar-refractivity contribution is 5.75. The van der Waals surface area contributed by atoms with Crippen molar-refractivity contribution in [1.82, 2.24) is 0 Å². The molecule has 0 fully saturated rings. The average molecular weight is 244 g/mol. The van der Waals surface area contributed by atoms with E-state index in [0.717, 1.165) is 6.42 Å². The van der Waals surface area contributed by atoms with Crippen molar-refractivity contribution >= 4 is 11.5 Å². The smallest absolute Gasteiger partial charge is 0.341 e. The fourth-order valence-electron chi connectivity index (χ4n) is 3.01. The summed E-state index contributed by atoms with van der Waals surface area (Å²) in [5.41, 5.74) is 4.12. The van der Waals surface area contributed by atoms with Gasteiger partial charge in [0.25, 0.3) is 0 Å². The minimum Gasteiger partial charge on any atom is -0.482 e. The van der Waals surface area contributed by atoms with Crippen LogP contribution in [0.5, 0.6) is 5.75 Å². The molecule has 2 aliphatic rings. The van der Waals surface area contributed by atoms with Gasteiger partial charge in [0, 0.05) is 0 Å². The van der Waals surface area contributed by atoms with Crippen LogP contribution in [0.1, 0.15) is 30.4 Å². The number of aliphatic carboxylic acids is 1. The summed E-state index contributed by atoms with van der Waals surface area (Å²) in [4.78, 5) is 10.5. The summed E-state index contributed by atoms with van der Waals surface area (Å²) in [6, 6.07) is 5.95. The van der Waals surface area contributed by atoms with Gasteiger partial charge in [-0.1, -0.05) is 12.1 Å². The Labute approximate surface area is 106 Å². The van der Waals surface area contributed by atoms with E-state index in [4.69, 9.17) is 9.84 Å². The van der Waals surface area contributed by atoms with Crippen LogP contribution in [0.2, 0.25) is 0 Å². The number of allylic oxidation sites excluding steroid dienone is 2. The van der Waals surface area contributed by atoms with Crippen LogP contribution in [-0.2, 0) is 11.2 Å². The van der Waals surface area contributed by atoms with Gasteiger partial charge in [-0.25, -0.2) is 4.79 Å². The van der Waals surface area contributed by atoms with Crippen LogP contribution in [-0.4, -0.2) is 17.7 Å². The molecule has 2 aliphatic carbocycles. The lowest BCUT2D eigenvalue weighted by atomic mass is 9.88. The number of hydrogen-bond donors (Lipinski definition) is 1. The topological polar surface area (TPSA) is 46.5 Å². The molecule has 18 heavy (non-hydrogen) atoms. The average Bonchev–Trinajstić information content (AvgIpc) is 2.73. The molecule has 0 bridgehead atoms. The fraction of sp³-hybridized carbons (Fsp3) is 0.400. The van der Waals surface area contributed by atoms with Gasteiger partial charge < -0.3 is 9.84 Å². The van der Waals surface area contributed by atoms with E-state index in [1.165, 1.54) is 36.0 Å². The SMILES string of the molecule is O=C(O)COc1ccc2c(c1)CC1CCCC=C21. The second-order valence-electron chi connectivity index (χ2n) is 4.99. The first kappa shape index (κ1) is 11.3. The van der Waals surface area contributed by atoms with Gasteiger partial charge in [-0.2, -0.15) is 0 Å². The molecular formula is C15H16O3. The Morgan fingerprint density at radius 2 is 2.33 bits per heavy atom. The maximum Gasteiger partial charge on any atom is 0.341 e. The molecule has 0 amide bonds. The third-order valence-electron chi connectivity index (χ3n) is 3.78. The van der Waals surface area contributed by atoms with Gasteiger partial charge in [-0.15, -0.1) is 0 Å². The highest BCUT2D eigenvalue weighted by Gasteiger charge is 2.28. The third-order valence-corrected chi connectivity index (χ3v) is 3.78. The zero-order chi connectivity index (χ0) is 12.5. The van der Waals surface area contributed by atoms with E-state index in [9.17, 15) is 4.79 Å². The molecule has 94 valence electrons. The molecule has 3 nitrogen and oxygen atoms in total. The summed E-state index contributed by atoms with van der Waals surface area (Å²) in [5.74, 6) is 0.394. The Morgan fingerprint density at radius 3 is 3.17 bits per heavy atom. The third kappa shape index (κ3) is 2.01. The molecule has 0 radical (unpaired) electrons. The van der Waals surface area contributed by atoms with E-state index < -0.39 is 5.97 Å². The number of carboxylic acid groups (broad SMARTS) is 1. The van der Waals surface area contributed by atoms with Crippen LogP contribution in [0.25, 0.3) is 5.57 Å². The summed E-state index contributed by atoms with van der Waals surface area (Å²) < 4.78 is 5.23. The van der Waals surface area contributed by atoms with E-state index in [-0.39, 0.29) is 6.61 Å². The molecule has 1 aromatic rings. The van der Waals surface area contributed by atoms with Crippen molar-refractivity contribution < 1.29 is 14.6 Å². The summed E-state index contributed by atoms with van der Waals surface area (Å²) in [5, 5.41) is 8.60. The number of rotatable bonds is 3. The van der Waals surface area contributed by atoms with Crippen LogP contribution in [0.3, 0.4) is 0 Å². The monoisotopic (exact) mass is 244 g/mol. The molecule has 3 rings (SSSR count). The van der Waals surface area contributed by atoms with Crippen molar-refractivity contribution in [3.63, 3.8) is 0 Å². The predicted octanol–water partition coefficient (Wildman–Crippen LogP) is 2.89. The first-order valence-electron chi connectivity index (χ1n) is 6.42. The molecule has 1 N–H and O–H groups in total. The number of ether oxygens (including phenoxy) is 1. The Morgan fingerprint density at radius 1 is 1.44 bits per heavy atom. The maximum atomic E-state index is 10.5. The molecule has 0 aliphatic heterocycles. The standard InChI is InChI=1S/C15H16O3/c16-15(17)9-18-12-5-6-14-11(8-12)7-10-3-1-2-4-13(10)14/h4-6,8,10H,1-3,7,9H2,(H,16,17). The molecule has 0 spiro atoms. The van der Waals surface area contributed by atoms with Crippen molar-refractivity contribution in [3.05, 3.63) is 35.4 Å². The summed E-state index contributed by atoms with van der Waals surface area (Å²) in [6.07, 6.45) is 7.17. The minimum absolute atomic E-state index is 0.273. The molecule has 1 unspecified atom stereocenters. The second kappa shape index (κ2) is 4.48. The molecular weight excluding hydrogens is 228 g/mol. The van der Waals surface area contributed by atoms with Crippen molar-refractivity contribution in [2.45, 2.75) is 25.7 Å². The second-order valence-corrected chi connectivity index (χ2v) is 4.99. The van der Waals surface area contributed by atoms with Crippen LogP contribution in [0, 0.1) is 5.92 Å². The van der Waals surface area contributed by atoms with E-state index >= 15 is 0 Å². The minimum atomic E-state index is -0.938. The van der Waals surface area contributed by atoms with Gasteiger partial charge >= 0.3 is 5.97 Å². The van der Waals surface area contributed by atoms with Crippen molar-refractivity contribution in [1.29, 1.82) is 0 Å². The summed E-state index contributed by atoms with van der Waals surface area (Å²) in [7, 11) is 0. The number of hydrogen-bond acceptors (Lipinski definition) is 2. The Balaban J connectivity index is 1.84. The van der Waals surface area contributed by atoms with Crippen molar-refractivity contribution in [2.75, 3.05) is 6.61 Å². The van der Waals surface area contributed by atoms with Crippen LogP contribution >= 0.6 is 0 Å². The van der Waals surface area contributed by atoms with E-state index in [1.807, 2.05) is 12.1 Å². The molecule has 1 aromatic carbocycles. The number of benzene rings is 1. The number of carboxylic acids is 1. The highest BCUT2D eigenvalue weighted by atomic mass is 16.5. The van der Waals surface area contributed by atoms with Crippen molar-refractivity contribution in [3.8, 4) is 5.75 Å². The van der Waals surface area contributed by atoms with Crippen LogP contribution < -0.4 is 4.74 Å². The first-order chi connectivity index (χ1) is 8.74. The van der Waals surface area contributed by atoms with Gasteiger partial charge in [-0.3, -0.25) is 0 Å². The van der Waals surface area contributed by atoms with E-state index in [2.05, 4.69) is 12.1 Å². The lowest BCUT2D eigenvalue weighted by Gasteiger charge is -2.16. The highest BCUT2D eigenvalue weighted by Crippen LogP contribution is 2.43. The first-order valence-corrected chi connectivity index (χ1v) is 6.42. The van der Waals surface area contributed by atoms with Gasteiger partial charge in [-0.05, 0) is 60.4 Å². The largest absolute Gasteiger partial charge is 0.482 e. The normalized spacial score (nSPS) is 20.9. The number of fused-ring (bicyclic) bond motifs is 3. The van der Waals surface area contributed by atoms with Crippen molar-refractivity contribution in [2.24, 2.45) is 5.92 Å². The molecule has 0 aromatic heterocycles. The Hall–Kier alpha value is -1.77. The number of carbonyl (C=O) groups is 1. The molecule has 0 heterocycles. The zero-order valence-electron chi connectivity index (χ0n) is 10.2. The van der Waals surface area contributed by atoms with Gasteiger partial charge in [0.15, 0.2) is 6.61 Å². The molecule has 0 saturated heterocycles. The van der Waals surface area contributed by atoms with Gasteiger partial charge in [0.05, 0.1) is 0 Å². The predicted molar refractivity (Wildman–Crippen MR) is 68.6 cm³/mol. The van der Waals surface area contributed by atoms with Gasteiger partial charge in [0.2, 0.25) is 0 Å². The maximum absolute atomic E-state index is 10.5. The molecule has 1 atom stereocenters. The molecule has 3 heteroatoms. The van der Waals surface area contributed by atoms with Crippen LogP contribution in [0.4, 0.5) is 0 Å². The Kier molecular flexibility index (Phi) is 2.82. The lowest BCUT2D eigenvalue weighted by molar-refractivity contribution is -0.139.